The Labute approximate surface area is 238 Å². The fourth-order valence-electron chi connectivity index (χ4n) is 4.25. The molecule has 0 fully saturated rings. The number of methoxy groups -OCH3 is 3. The zero-order valence-electron chi connectivity index (χ0n) is 23.3. The second-order valence-electron chi connectivity index (χ2n) is 9.22. The van der Waals surface area contributed by atoms with E-state index in [1.54, 1.807) is 18.2 Å². The van der Waals surface area contributed by atoms with Crippen LogP contribution in [0.3, 0.4) is 0 Å². The summed E-state index contributed by atoms with van der Waals surface area (Å²) in [6, 6.07) is 14.1. The Bertz CT molecular complexity index is 1250. The minimum Gasteiger partial charge on any atom is -0.504 e. The molecule has 0 amide bonds. The molecule has 0 spiro atoms. The molecule has 3 aromatic carbocycles. The van der Waals surface area contributed by atoms with Gasteiger partial charge in [-0.05, 0) is 65.9 Å². The number of aryl methyl sites for hydroxylation is 1. The third kappa shape index (κ3) is 7.93. The van der Waals surface area contributed by atoms with Gasteiger partial charge in [-0.3, -0.25) is 0 Å². The van der Waals surface area contributed by atoms with Crippen molar-refractivity contribution >= 4 is 0 Å². The maximum absolute atomic E-state index is 11.1. The molecule has 3 aromatic rings. The highest BCUT2D eigenvalue weighted by molar-refractivity contribution is 5.46. The summed E-state index contributed by atoms with van der Waals surface area (Å²) in [7, 11) is 4.27. The second kappa shape index (κ2) is 15.3. The fraction of sp³-hybridized carbons (Fsp3) is 0.400. The predicted molar refractivity (Wildman–Crippen MR) is 149 cm³/mol. The lowest BCUT2D eigenvalue weighted by Gasteiger charge is -2.26. The number of phenolic OH excluding ortho intramolecular Hbond substituents is 1. The molecule has 0 aliphatic heterocycles. The Balaban J connectivity index is 1.78. The maximum atomic E-state index is 11.1. The van der Waals surface area contributed by atoms with Crippen molar-refractivity contribution in [1.29, 1.82) is 0 Å². The molecular formula is C30H38O11. The number of hydrogen-bond acceptors (Lipinski definition) is 11. The van der Waals surface area contributed by atoms with E-state index in [-0.39, 0.29) is 29.6 Å². The Morgan fingerprint density at radius 2 is 1.10 bits per heavy atom. The molecular weight excluding hydrogens is 536 g/mol. The third-order valence-electron chi connectivity index (χ3n) is 6.55. The first kappa shape index (κ1) is 31.8. The smallest absolute Gasteiger partial charge is 0.161 e. The van der Waals surface area contributed by atoms with Crippen molar-refractivity contribution in [1.82, 2.24) is 0 Å². The second-order valence-corrected chi connectivity index (χ2v) is 9.22. The summed E-state index contributed by atoms with van der Waals surface area (Å²) in [6.45, 7) is -0.980. The average Bonchev–Trinajstić information content (AvgIpc) is 3.01. The SMILES string of the molecule is COc1cc(C(O)C(CO)Oc2ccc(C(O)C(CO)Oc3ccc(CCCO)cc3OC)cc2OC)ccc1O. The fourth-order valence-corrected chi connectivity index (χ4v) is 4.25. The van der Waals surface area contributed by atoms with Crippen LogP contribution in [0.4, 0.5) is 0 Å². The Morgan fingerprint density at radius 3 is 1.61 bits per heavy atom. The highest BCUT2D eigenvalue weighted by Gasteiger charge is 2.27. The van der Waals surface area contributed by atoms with Gasteiger partial charge in [0.15, 0.2) is 46.7 Å². The van der Waals surface area contributed by atoms with Crippen LogP contribution < -0.4 is 23.7 Å². The monoisotopic (exact) mass is 574 g/mol. The molecule has 0 heterocycles. The first-order valence-electron chi connectivity index (χ1n) is 13.0. The molecule has 0 bridgehead atoms. The summed E-state index contributed by atoms with van der Waals surface area (Å²) in [5.41, 5.74) is 1.65. The van der Waals surface area contributed by atoms with E-state index in [1.807, 2.05) is 6.07 Å². The van der Waals surface area contributed by atoms with Crippen LogP contribution in [0.1, 0.15) is 35.3 Å². The summed E-state index contributed by atoms with van der Waals surface area (Å²) >= 11 is 0. The summed E-state index contributed by atoms with van der Waals surface area (Å²) in [5, 5.41) is 60.8. The van der Waals surface area contributed by atoms with Crippen LogP contribution >= 0.6 is 0 Å². The van der Waals surface area contributed by atoms with Crippen molar-refractivity contribution in [3.8, 4) is 34.5 Å². The van der Waals surface area contributed by atoms with Gasteiger partial charge in [0.1, 0.15) is 12.2 Å². The van der Waals surface area contributed by atoms with Gasteiger partial charge in [0.2, 0.25) is 0 Å². The minimum absolute atomic E-state index is 0.0710. The summed E-state index contributed by atoms with van der Waals surface area (Å²) in [6.07, 6.45) is -3.44. The lowest BCUT2D eigenvalue weighted by Crippen LogP contribution is -2.30. The van der Waals surface area contributed by atoms with E-state index in [2.05, 4.69) is 0 Å². The molecule has 0 saturated heterocycles. The van der Waals surface area contributed by atoms with E-state index in [0.717, 1.165) is 5.56 Å². The number of aromatic hydroxyl groups is 1. The van der Waals surface area contributed by atoms with Gasteiger partial charge in [-0.1, -0.05) is 18.2 Å². The van der Waals surface area contributed by atoms with Crippen LogP contribution in [-0.4, -0.2) is 84.0 Å². The normalized spacial score (nSPS) is 14.0. The molecule has 0 saturated carbocycles. The van der Waals surface area contributed by atoms with Gasteiger partial charge in [0.25, 0.3) is 0 Å². The standard InChI is InChI=1S/C30H38O11/c1-37-24-14-19(7-9-21(24)34)29(35)27(16-32)41-23-11-8-20(15-26(23)39-3)30(36)28(17-33)40-22-10-6-18(5-4-12-31)13-25(22)38-2/h6-11,13-15,27-36H,4-5,12,16-17H2,1-3H3. The van der Waals surface area contributed by atoms with Crippen molar-refractivity contribution in [3.05, 3.63) is 71.3 Å². The van der Waals surface area contributed by atoms with Gasteiger partial charge >= 0.3 is 0 Å². The van der Waals surface area contributed by atoms with Crippen molar-refractivity contribution in [2.75, 3.05) is 41.2 Å². The van der Waals surface area contributed by atoms with Crippen LogP contribution in [0, 0.1) is 0 Å². The zero-order valence-corrected chi connectivity index (χ0v) is 23.3. The van der Waals surface area contributed by atoms with Gasteiger partial charge in [-0.15, -0.1) is 0 Å². The number of ether oxygens (including phenoxy) is 5. The Kier molecular flexibility index (Phi) is 11.9. The van der Waals surface area contributed by atoms with E-state index in [9.17, 15) is 25.5 Å². The zero-order chi connectivity index (χ0) is 29.9. The van der Waals surface area contributed by atoms with Crippen molar-refractivity contribution in [2.45, 2.75) is 37.3 Å². The third-order valence-corrected chi connectivity index (χ3v) is 6.55. The number of hydrogen-bond donors (Lipinski definition) is 6. The lowest BCUT2D eigenvalue weighted by molar-refractivity contribution is -0.00267. The molecule has 224 valence electrons. The van der Waals surface area contributed by atoms with E-state index < -0.39 is 37.6 Å². The highest BCUT2D eigenvalue weighted by Crippen LogP contribution is 2.37. The quantitative estimate of drug-likeness (QED) is 0.149. The van der Waals surface area contributed by atoms with Crippen LogP contribution in [0.15, 0.2) is 54.6 Å². The Morgan fingerprint density at radius 1 is 0.610 bits per heavy atom. The van der Waals surface area contributed by atoms with Gasteiger partial charge in [-0.25, -0.2) is 0 Å². The molecule has 4 unspecified atom stereocenters. The molecule has 0 aromatic heterocycles. The largest absolute Gasteiger partial charge is 0.504 e. The molecule has 11 heteroatoms. The van der Waals surface area contributed by atoms with E-state index >= 15 is 0 Å². The van der Waals surface area contributed by atoms with Crippen molar-refractivity contribution in [3.63, 3.8) is 0 Å². The van der Waals surface area contributed by atoms with Crippen LogP contribution in [0.25, 0.3) is 0 Å². The van der Waals surface area contributed by atoms with E-state index in [4.69, 9.17) is 28.8 Å². The molecule has 4 atom stereocenters. The molecule has 3 rings (SSSR count). The minimum atomic E-state index is -1.28. The lowest BCUT2D eigenvalue weighted by atomic mass is 10.0. The average molecular weight is 575 g/mol. The van der Waals surface area contributed by atoms with Gasteiger partial charge in [0.05, 0.1) is 34.5 Å². The number of phenols is 1. The topological polar surface area (TPSA) is 168 Å². The molecule has 41 heavy (non-hydrogen) atoms. The van der Waals surface area contributed by atoms with E-state index in [1.165, 1.54) is 51.7 Å². The van der Waals surface area contributed by atoms with Crippen LogP contribution in [0.5, 0.6) is 34.5 Å². The van der Waals surface area contributed by atoms with Gasteiger partial charge in [0, 0.05) is 6.61 Å². The van der Waals surface area contributed by atoms with E-state index in [0.29, 0.717) is 35.5 Å². The number of rotatable bonds is 16. The summed E-state index contributed by atoms with van der Waals surface area (Å²) in [5.74, 6) is 1.21. The Hall–Kier alpha value is -3.74. The number of benzene rings is 3. The van der Waals surface area contributed by atoms with Gasteiger partial charge < -0.3 is 54.3 Å². The van der Waals surface area contributed by atoms with Crippen molar-refractivity contribution in [2.24, 2.45) is 0 Å². The molecule has 0 aliphatic carbocycles. The first-order chi connectivity index (χ1) is 19.8. The highest BCUT2D eigenvalue weighted by atomic mass is 16.5. The molecule has 0 radical (unpaired) electrons. The molecule has 0 aliphatic rings. The predicted octanol–water partition coefficient (Wildman–Crippen LogP) is 2.29. The number of aliphatic hydroxyl groups is 5. The summed E-state index contributed by atoms with van der Waals surface area (Å²) in [4.78, 5) is 0. The van der Waals surface area contributed by atoms with Crippen LogP contribution in [-0.2, 0) is 6.42 Å². The van der Waals surface area contributed by atoms with Crippen molar-refractivity contribution < 1.29 is 54.3 Å². The maximum Gasteiger partial charge on any atom is 0.161 e. The first-order valence-corrected chi connectivity index (χ1v) is 13.0. The summed E-state index contributed by atoms with van der Waals surface area (Å²) < 4.78 is 27.7. The van der Waals surface area contributed by atoms with Crippen LogP contribution in [0.2, 0.25) is 0 Å². The molecule has 11 nitrogen and oxygen atoms in total. The number of aliphatic hydroxyl groups excluding tert-OH is 5. The van der Waals surface area contributed by atoms with Gasteiger partial charge in [-0.2, -0.15) is 0 Å². The molecule has 6 N–H and O–H groups in total.